The molecule has 0 aliphatic carbocycles. The maximum absolute atomic E-state index is 11.9. The zero-order chi connectivity index (χ0) is 13.6. The van der Waals surface area contributed by atoms with Gasteiger partial charge < -0.3 is 10.1 Å². The van der Waals surface area contributed by atoms with Crippen molar-refractivity contribution in [2.75, 3.05) is 25.6 Å². The van der Waals surface area contributed by atoms with Crippen LogP contribution in [0.2, 0.25) is 0 Å². The summed E-state index contributed by atoms with van der Waals surface area (Å²) in [7, 11) is 0. The molecule has 0 unspecified atom stereocenters. The van der Waals surface area contributed by atoms with Gasteiger partial charge in [0.25, 0.3) is 5.91 Å². The summed E-state index contributed by atoms with van der Waals surface area (Å²) in [4.78, 5) is 12.5. The van der Waals surface area contributed by atoms with Crippen molar-refractivity contribution in [2.24, 2.45) is 0 Å². The average Bonchev–Trinajstić information content (AvgIpc) is 2.77. The van der Waals surface area contributed by atoms with Crippen LogP contribution in [0, 0.1) is 0 Å². The first-order valence-corrected chi connectivity index (χ1v) is 7.02. The van der Waals surface area contributed by atoms with Gasteiger partial charge in [0.15, 0.2) is 0 Å². The second-order valence-electron chi connectivity index (χ2n) is 4.76. The summed E-state index contributed by atoms with van der Waals surface area (Å²) in [6.07, 6.45) is 0. The van der Waals surface area contributed by atoms with E-state index in [0.29, 0.717) is 30.5 Å². The van der Waals surface area contributed by atoms with E-state index in [1.165, 1.54) is 0 Å². The van der Waals surface area contributed by atoms with Crippen LogP contribution in [-0.4, -0.2) is 41.1 Å². The molecule has 102 valence electrons. The van der Waals surface area contributed by atoms with Crippen molar-refractivity contribution in [3.05, 3.63) is 10.6 Å². The van der Waals surface area contributed by atoms with E-state index >= 15 is 0 Å². The molecule has 5 nitrogen and oxygen atoms in total. The molecule has 1 N–H and O–H groups in total. The van der Waals surface area contributed by atoms with Gasteiger partial charge in [0.05, 0.1) is 18.9 Å². The number of hydrogen-bond donors (Lipinski definition) is 1. The number of aromatic nitrogens is 2. The van der Waals surface area contributed by atoms with Gasteiger partial charge in [-0.25, -0.2) is 0 Å². The molecule has 1 aromatic rings. The lowest BCUT2D eigenvalue weighted by molar-refractivity contribution is 0.0925. The van der Waals surface area contributed by atoms with Crippen LogP contribution in [0.3, 0.4) is 0 Å². The number of rotatable bonds is 6. The van der Waals surface area contributed by atoms with Crippen molar-refractivity contribution in [3.8, 4) is 0 Å². The van der Waals surface area contributed by atoms with E-state index in [1.807, 2.05) is 20.8 Å². The molecule has 0 saturated heterocycles. The number of carbonyl (C=O) groups is 1. The summed E-state index contributed by atoms with van der Waals surface area (Å²) in [5.74, 6) is 0.311. The Labute approximate surface area is 116 Å². The Morgan fingerprint density at radius 1 is 1.44 bits per heavy atom. The number of carbonyl (C=O) groups excluding carboxylic acids is 1. The summed E-state index contributed by atoms with van der Waals surface area (Å²) in [5.41, 5.74) is 0.543. The molecule has 0 aliphatic heterocycles. The van der Waals surface area contributed by atoms with E-state index in [9.17, 15) is 4.79 Å². The van der Waals surface area contributed by atoms with E-state index in [1.54, 1.807) is 0 Å². The topological polar surface area (TPSA) is 64.1 Å². The molecule has 0 atom stereocenters. The molecule has 1 rings (SSSR count). The minimum Gasteiger partial charge on any atom is -0.378 e. The standard InChI is InChI=1S/C11H18ClN3O2S/c1-11(2,3)9-8(18-15-14-9)10(16)13-5-7-17-6-4-12/h4-7H2,1-3H3,(H,13,16). The maximum atomic E-state index is 11.9. The highest BCUT2D eigenvalue weighted by Gasteiger charge is 2.25. The van der Waals surface area contributed by atoms with Gasteiger partial charge in [-0.15, -0.1) is 16.7 Å². The lowest BCUT2D eigenvalue weighted by Crippen LogP contribution is -2.29. The van der Waals surface area contributed by atoms with Crippen LogP contribution in [0.1, 0.15) is 36.1 Å². The molecule has 0 aromatic carbocycles. The van der Waals surface area contributed by atoms with Gasteiger partial charge in [0, 0.05) is 17.8 Å². The van der Waals surface area contributed by atoms with Gasteiger partial charge in [0.2, 0.25) is 0 Å². The third kappa shape index (κ3) is 4.51. The Morgan fingerprint density at radius 3 is 2.78 bits per heavy atom. The summed E-state index contributed by atoms with van der Waals surface area (Å²) >= 11 is 6.59. The Morgan fingerprint density at radius 2 is 2.17 bits per heavy atom. The molecule has 0 spiro atoms. The predicted molar refractivity (Wildman–Crippen MR) is 72.5 cm³/mol. The summed E-state index contributed by atoms with van der Waals surface area (Å²) < 4.78 is 9.02. The van der Waals surface area contributed by atoms with Crippen molar-refractivity contribution < 1.29 is 9.53 Å². The highest BCUT2D eigenvalue weighted by atomic mass is 35.5. The normalized spacial score (nSPS) is 11.6. The number of nitrogens with one attached hydrogen (secondary N) is 1. The van der Waals surface area contributed by atoms with Crippen LogP contribution in [0.5, 0.6) is 0 Å². The molecule has 0 radical (unpaired) electrons. The molecule has 7 heteroatoms. The monoisotopic (exact) mass is 291 g/mol. The fraction of sp³-hybridized carbons (Fsp3) is 0.727. The van der Waals surface area contributed by atoms with Gasteiger partial charge in [-0.05, 0) is 11.5 Å². The molecule has 0 saturated carbocycles. The zero-order valence-electron chi connectivity index (χ0n) is 10.8. The van der Waals surface area contributed by atoms with E-state index in [2.05, 4.69) is 14.9 Å². The zero-order valence-corrected chi connectivity index (χ0v) is 12.4. The van der Waals surface area contributed by atoms with Crippen LogP contribution in [0.15, 0.2) is 0 Å². The first kappa shape index (κ1) is 15.3. The van der Waals surface area contributed by atoms with E-state index in [4.69, 9.17) is 16.3 Å². The summed E-state index contributed by atoms with van der Waals surface area (Å²) in [6, 6.07) is 0. The highest BCUT2D eigenvalue weighted by molar-refractivity contribution is 7.08. The van der Waals surface area contributed by atoms with Gasteiger partial charge in [0.1, 0.15) is 4.88 Å². The molecule has 0 fully saturated rings. The second kappa shape index (κ2) is 7.01. The minimum absolute atomic E-state index is 0.149. The SMILES string of the molecule is CC(C)(C)c1nnsc1C(=O)NCCOCCCl. The Hall–Kier alpha value is -0.720. The summed E-state index contributed by atoms with van der Waals surface area (Å²) in [6.45, 7) is 7.41. The van der Waals surface area contributed by atoms with Gasteiger partial charge in [-0.2, -0.15) is 0 Å². The second-order valence-corrected chi connectivity index (χ2v) is 5.89. The quantitative estimate of drug-likeness (QED) is 0.641. The smallest absolute Gasteiger partial charge is 0.265 e. The van der Waals surface area contributed by atoms with Crippen LogP contribution >= 0.6 is 23.1 Å². The van der Waals surface area contributed by atoms with Gasteiger partial charge in [-0.3, -0.25) is 4.79 Å². The molecular formula is C11H18ClN3O2S. The van der Waals surface area contributed by atoms with Crippen molar-refractivity contribution in [1.82, 2.24) is 14.9 Å². The number of amides is 1. The van der Waals surface area contributed by atoms with Crippen molar-refractivity contribution in [2.45, 2.75) is 26.2 Å². The lowest BCUT2D eigenvalue weighted by Gasteiger charge is -2.16. The van der Waals surface area contributed by atoms with Crippen LogP contribution < -0.4 is 5.32 Å². The molecule has 0 aliphatic rings. The Balaban J connectivity index is 2.50. The largest absolute Gasteiger partial charge is 0.378 e. The number of ether oxygens (including phenoxy) is 1. The fourth-order valence-corrected chi connectivity index (χ4v) is 2.21. The number of halogens is 1. The van der Waals surface area contributed by atoms with Crippen LogP contribution in [0.25, 0.3) is 0 Å². The molecule has 1 aromatic heterocycles. The highest BCUT2D eigenvalue weighted by Crippen LogP contribution is 2.25. The third-order valence-corrected chi connectivity index (χ3v) is 3.04. The average molecular weight is 292 g/mol. The number of nitrogens with zero attached hydrogens (tertiary/aromatic N) is 2. The molecule has 1 amide bonds. The first-order chi connectivity index (χ1) is 8.46. The van der Waals surface area contributed by atoms with Crippen LogP contribution in [0.4, 0.5) is 0 Å². The summed E-state index contributed by atoms with van der Waals surface area (Å²) in [5, 5.41) is 6.81. The van der Waals surface area contributed by atoms with Gasteiger partial charge >= 0.3 is 0 Å². The van der Waals surface area contributed by atoms with E-state index < -0.39 is 0 Å². The molecular weight excluding hydrogens is 274 g/mol. The predicted octanol–water partition coefficient (Wildman–Crippen LogP) is 1.82. The van der Waals surface area contributed by atoms with Crippen LogP contribution in [-0.2, 0) is 10.2 Å². The Bertz CT molecular complexity index is 390. The fourth-order valence-electron chi connectivity index (χ4n) is 1.30. The van der Waals surface area contributed by atoms with Crippen molar-refractivity contribution in [1.29, 1.82) is 0 Å². The Kier molecular flexibility index (Phi) is 5.98. The van der Waals surface area contributed by atoms with Crippen molar-refractivity contribution >= 4 is 29.0 Å². The maximum Gasteiger partial charge on any atom is 0.265 e. The lowest BCUT2D eigenvalue weighted by atomic mass is 9.91. The van der Waals surface area contributed by atoms with Gasteiger partial charge in [-0.1, -0.05) is 25.3 Å². The third-order valence-electron chi connectivity index (χ3n) is 2.16. The first-order valence-electron chi connectivity index (χ1n) is 5.71. The number of alkyl halides is 1. The molecule has 0 bridgehead atoms. The van der Waals surface area contributed by atoms with E-state index in [0.717, 1.165) is 17.2 Å². The molecule has 18 heavy (non-hydrogen) atoms. The van der Waals surface area contributed by atoms with Crippen molar-refractivity contribution in [3.63, 3.8) is 0 Å². The minimum atomic E-state index is -0.186. The van der Waals surface area contributed by atoms with E-state index in [-0.39, 0.29) is 11.3 Å². The number of hydrogen-bond acceptors (Lipinski definition) is 5. The molecule has 1 heterocycles.